The van der Waals surface area contributed by atoms with Gasteiger partial charge in [-0.05, 0) is 30.3 Å². The molecule has 0 heterocycles. The molecule has 0 atom stereocenters. The van der Waals surface area contributed by atoms with Crippen molar-refractivity contribution < 1.29 is 19.4 Å². The molecule has 0 radical (unpaired) electrons. The Labute approximate surface area is 181 Å². The average Bonchev–Trinajstić information content (AvgIpc) is 2.79. The van der Waals surface area contributed by atoms with Crippen LogP contribution in [0.2, 0.25) is 0 Å². The minimum Gasteiger partial charge on any atom is -0.449 e. The molecule has 3 aromatic rings. The van der Waals surface area contributed by atoms with Crippen molar-refractivity contribution in [2.24, 2.45) is 0 Å². The molecule has 0 aliphatic heterocycles. The van der Waals surface area contributed by atoms with Gasteiger partial charge >= 0.3 is 5.69 Å². The third-order valence-corrected chi connectivity index (χ3v) is 4.19. The number of hydrogen-bond acceptors (Lipinski definition) is 7. The molecule has 0 aromatic heterocycles. The summed E-state index contributed by atoms with van der Waals surface area (Å²) in [5.41, 5.74) is -0.463. The fourth-order valence-electron chi connectivity index (χ4n) is 2.68. The number of nitrogens with one attached hydrogen (secondary N) is 1. The lowest BCUT2D eigenvalue weighted by molar-refractivity contribution is -0.394. The summed E-state index contributed by atoms with van der Waals surface area (Å²) >= 11 is 0. The monoisotopic (exact) mass is 430 g/mol. The van der Waals surface area contributed by atoms with Gasteiger partial charge in [-0.3, -0.25) is 25.0 Å². The predicted molar refractivity (Wildman–Crippen MR) is 115 cm³/mol. The Kier molecular flexibility index (Phi) is 6.53. The van der Waals surface area contributed by atoms with Crippen LogP contribution in [0.25, 0.3) is 6.08 Å². The molecule has 1 N–H and O–H groups in total. The van der Waals surface area contributed by atoms with Crippen molar-refractivity contribution in [3.05, 3.63) is 104 Å². The molecule has 1 amide bonds. The molecule has 158 valence electrons. The first-order chi connectivity index (χ1) is 15.4. The smallest absolute Gasteiger partial charge is 0.318 e. The van der Waals surface area contributed by atoms with Crippen molar-refractivity contribution in [3.8, 4) is 17.6 Å². The summed E-state index contributed by atoms with van der Waals surface area (Å²) in [6.45, 7) is 0. The number of anilines is 1. The zero-order valence-corrected chi connectivity index (χ0v) is 16.3. The van der Waals surface area contributed by atoms with E-state index in [1.165, 1.54) is 12.1 Å². The minimum atomic E-state index is -0.797. The van der Waals surface area contributed by atoms with Crippen LogP contribution >= 0.6 is 0 Å². The maximum Gasteiger partial charge on any atom is 0.318 e. The van der Waals surface area contributed by atoms with Crippen molar-refractivity contribution in [2.45, 2.75) is 0 Å². The fraction of sp³-hybridized carbons (Fsp3) is 0. The van der Waals surface area contributed by atoms with Crippen molar-refractivity contribution in [2.75, 3.05) is 5.32 Å². The fourth-order valence-corrected chi connectivity index (χ4v) is 2.68. The average molecular weight is 430 g/mol. The maximum absolute atomic E-state index is 12.5. The van der Waals surface area contributed by atoms with Crippen LogP contribution in [0.15, 0.2) is 78.4 Å². The Balaban J connectivity index is 1.94. The Morgan fingerprint density at radius 3 is 2.28 bits per heavy atom. The number of non-ortho nitro benzene ring substituents is 1. The molecule has 0 fully saturated rings. The van der Waals surface area contributed by atoms with Gasteiger partial charge in [-0.2, -0.15) is 5.26 Å². The van der Waals surface area contributed by atoms with E-state index in [1.807, 2.05) is 6.07 Å². The number of amides is 1. The first-order valence-electron chi connectivity index (χ1n) is 9.07. The number of ether oxygens (including phenoxy) is 1. The van der Waals surface area contributed by atoms with E-state index >= 15 is 0 Å². The van der Waals surface area contributed by atoms with Crippen molar-refractivity contribution in [1.29, 1.82) is 5.26 Å². The molecule has 0 bridgehead atoms. The van der Waals surface area contributed by atoms with Crippen LogP contribution in [0.5, 0.6) is 11.5 Å². The second-order valence-corrected chi connectivity index (χ2v) is 6.30. The second kappa shape index (κ2) is 9.64. The quantitative estimate of drug-likeness (QED) is 0.244. The highest BCUT2D eigenvalue weighted by Crippen LogP contribution is 2.36. The van der Waals surface area contributed by atoms with Gasteiger partial charge in [0.1, 0.15) is 17.4 Å². The number of nitriles is 1. The number of nitrogens with zero attached hydrogens (tertiary/aromatic N) is 3. The van der Waals surface area contributed by atoms with Gasteiger partial charge in [-0.25, -0.2) is 0 Å². The number of para-hydroxylation sites is 2. The summed E-state index contributed by atoms with van der Waals surface area (Å²) in [6.07, 6.45) is 1.28. The molecule has 3 aromatic carbocycles. The van der Waals surface area contributed by atoms with E-state index in [1.54, 1.807) is 48.5 Å². The van der Waals surface area contributed by atoms with E-state index < -0.39 is 27.1 Å². The highest BCUT2D eigenvalue weighted by molar-refractivity contribution is 6.09. The van der Waals surface area contributed by atoms with E-state index in [4.69, 9.17) is 4.74 Å². The first kappa shape index (κ1) is 21.7. The van der Waals surface area contributed by atoms with Crippen LogP contribution in [0, 0.1) is 31.6 Å². The summed E-state index contributed by atoms with van der Waals surface area (Å²) in [5, 5.41) is 34.3. The summed E-state index contributed by atoms with van der Waals surface area (Å²) in [7, 11) is 0. The van der Waals surface area contributed by atoms with Gasteiger partial charge in [-0.1, -0.05) is 36.4 Å². The Morgan fingerprint density at radius 1 is 0.938 bits per heavy atom. The minimum absolute atomic E-state index is 0.115. The Morgan fingerprint density at radius 2 is 1.62 bits per heavy atom. The standard InChI is InChI=1S/C22H14N4O6/c23-14-16(22(27)24-17-7-2-1-3-8-17)12-15-6-4-5-9-20(15)32-21-11-10-18(25(28)29)13-19(21)26(30)31/h1-13H,(H,24,27)/b16-12+. The summed E-state index contributed by atoms with van der Waals surface area (Å²) in [5.74, 6) is -0.756. The van der Waals surface area contributed by atoms with E-state index in [9.17, 15) is 30.3 Å². The van der Waals surface area contributed by atoms with Gasteiger partial charge in [-0.15, -0.1) is 0 Å². The largest absolute Gasteiger partial charge is 0.449 e. The second-order valence-electron chi connectivity index (χ2n) is 6.30. The van der Waals surface area contributed by atoms with Crippen LogP contribution in [-0.2, 0) is 4.79 Å². The highest BCUT2D eigenvalue weighted by atomic mass is 16.6. The Hall–Kier alpha value is -5.04. The topological polar surface area (TPSA) is 148 Å². The molecule has 0 unspecified atom stereocenters. The van der Waals surface area contributed by atoms with Crippen LogP contribution in [-0.4, -0.2) is 15.8 Å². The van der Waals surface area contributed by atoms with E-state index in [-0.39, 0.29) is 17.1 Å². The molecule has 0 spiro atoms. The van der Waals surface area contributed by atoms with Gasteiger partial charge in [0.2, 0.25) is 5.75 Å². The van der Waals surface area contributed by atoms with Crippen molar-refractivity contribution in [1.82, 2.24) is 0 Å². The van der Waals surface area contributed by atoms with Gasteiger partial charge in [0, 0.05) is 17.3 Å². The van der Waals surface area contributed by atoms with E-state index in [0.29, 0.717) is 11.3 Å². The first-order valence-corrected chi connectivity index (χ1v) is 9.07. The number of hydrogen-bond donors (Lipinski definition) is 1. The normalized spacial score (nSPS) is 10.7. The molecular weight excluding hydrogens is 416 g/mol. The number of carbonyl (C=O) groups excluding carboxylic acids is 1. The number of benzene rings is 3. The van der Waals surface area contributed by atoms with Crippen LogP contribution < -0.4 is 10.1 Å². The highest BCUT2D eigenvalue weighted by Gasteiger charge is 2.22. The van der Waals surface area contributed by atoms with Gasteiger partial charge in [0.25, 0.3) is 11.6 Å². The zero-order chi connectivity index (χ0) is 23.1. The molecule has 10 heteroatoms. The van der Waals surface area contributed by atoms with Gasteiger partial charge < -0.3 is 10.1 Å². The molecule has 0 saturated heterocycles. The lowest BCUT2D eigenvalue weighted by atomic mass is 10.1. The number of nitro benzene ring substituents is 2. The zero-order valence-electron chi connectivity index (χ0n) is 16.3. The van der Waals surface area contributed by atoms with Crippen molar-refractivity contribution >= 4 is 29.0 Å². The molecule has 0 aliphatic carbocycles. The lowest BCUT2D eigenvalue weighted by Crippen LogP contribution is -2.13. The summed E-state index contributed by atoms with van der Waals surface area (Å²) in [4.78, 5) is 33.2. The predicted octanol–water partition coefficient (Wildman–Crippen LogP) is 4.84. The van der Waals surface area contributed by atoms with E-state index in [2.05, 4.69) is 5.32 Å². The summed E-state index contributed by atoms with van der Waals surface area (Å²) < 4.78 is 5.63. The molecular formula is C22H14N4O6. The Bertz CT molecular complexity index is 1260. The van der Waals surface area contributed by atoms with E-state index in [0.717, 1.165) is 18.2 Å². The molecule has 32 heavy (non-hydrogen) atoms. The van der Waals surface area contributed by atoms with Crippen LogP contribution in [0.1, 0.15) is 5.56 Å². The number of carbonyl (C=O) groups is 1. The molecule has 3 rings (SSSR count). The third kappa shape index (κ3) is 5.11. The lowest BCUT2D eigenvalue weighted by Gasteiger charge is -2.10. The third-order valence-electron chi connectivity index (χ3n) is 4.19. The van der Waals surface area contributed by atoms with Gasteiger partial charge in [0.05, 0.1) is 15.9 Å². The maximum atomic E-state index is 12.5. The SMILES string of the molecule is N#C/C(=C\c1ccccc1Oc1ccc([N+](=O)[O-])cc1[N+](=O)[O-])C(=O)Nc1ccccc1. The van der Waals surface area contributed by atoms with Crippen LogP contribution in [0.4, 0.5) is 17.1 Å². The van der Waals surface area contributed by atoms with Crippen molar-refractivity contribution in [3.63, 3.8) is 0 Å². The molecule has 10 nitrogen and oxygen atoms in total. The number of rotatable bonds is 7. The summed E-state index contributed by atoms with van der Waals surface area (Å²) in [6, 6.07) is 19.6. The molecule has 0 aliphatic rings. The van der Waals surface area contributed by atoms with Crippen LogP contribution in [0.3, 0.4) is 0 Å². The molecule has 0 saturated carbocycles. The number of nitro groups is 2. The van der Waals surface area contributed by atoms with Gasteiger partial charge in [0.15, 0.2) is 0 Å².